The van der Waals surface area contributed by atoms with Crippen LogP contribution in [0.15, 0.2) is 0 Å². The maximum Gasteiger partial charge on any atom is 0.377 e. The van der Waals surface area contributed by atoms with Crippen LogP contribution in [0, 0.1) is 0 Å². The molecule has 1 rings (SSSR count). The Morgan fingerprint density at radius 2 is 1.45 bits per heavy atom. The van der Waals surface area contributed by atoms with Crippen LogP contribution in [-0.2, 0) is 9.47 Å². The van der Waals surface area contributed by atoms with Crippen molar-refractivity contribution in [2.75, 3.05) is 38.8 Å². The molecule has 0 bridgehead atoms. The van der Waals surface area contributed by atoms with Crippen molar-refractivity contribution in [3.8, 4) is 0 Å². The Labute approximate surface area is 135 Å². The molecule has 116 valence electrons. The standard InChI is InChI=1S/C11H19NO4S4/c1-15-10(13)19-17-7-9(12-5-3-4-6-12)8-18-20-11(14)16-2/h9H,3-8H2,1-2H3. The number of carbonyl (C=O) groups is 2. The molecular formula is C11H19NO4S4. The second-order valence-electron chi connectivity index (χ2n) is 4.04. The van der Waals surface area contributed by atoms with Crippen LogP contribution >= 0.6 is 43.2 Å². The Kier molecular flexibility index (Phi) is 10.0. The molecule has 9 heteroatoms. The number of ether oxygens (including phenoxy) is 2. The van der Waals surface area contributed by atoms with E-state index in [1.54, 1.807) is 0 Å². The van der Waals surface area contributed by atoms with E-state index in [9.17, 15) is 9.59 Å². The van der Waals surface area contributed by atoms with Gasteiger partial charge in [0.2, 0.25) is 0 Å². The van der Waals surface area contributed by atoms with Crippen LogP contribution in [0.5, 0.6) is 0 Å². The first-order valence-electron chi connectivity index (χ1n) is 6.16. The summed E-state index contributed by atoms with van der Waals surface area (Å²) in [5.41, 5.74) is 0. The molecular weight excluding hydrogens is 338 g/mol. The molecule has 0 atom stereocenters. The molecule has 0 N–H and O–H groups in total. The second-order valence-corrected chi connectivity index (χ2v) is 8.59. The first-order chi connectivity index (χ1) is 9.67. The highest BCUT2D eigenvalue weighted by molar-refractivity contribution is 8.82. The molecule has 0 aromatic carbocycles. The molecule has 0 aromatic rings. The quantitative estimate of drug-likeness (QED) is 0.501. The highest BCUT2D eigenvalue weighted by Gasteiger charge is 2.23. The number of likely N-dealkylation sites (tertiary alicyclic amines) is 1. The second kappa shape index (κ2) is 10.9. The van der Waals surface area contributed by atoms with E-state index in [1.165, 1.54) is 48.6 Å². The molecule has 0 amide bonds. The van der Waals surface area contributed by atoms with Gasteiger partial charge in [-0.2, -0.15) is 0 Å². The Hall–Kier alpha value is 0.300. The topological polar surface area (TPSA) is 55.8 Å². The van der Waals surface area contributed by atoms with Crippen molar-refractivity contribution in [2.45, 2.75) is 18.9 Å². The maximum atomic E-state index is 11.1. The fourth-order valence-corrected chi connectivity index (χ4v) is 5.68. The van der Waals surface area contributed by atoms with Gasteiger partial charge in [-0.15, -0.1) is 0 Å². The average molecular weight is 358 g/mol. The average Bonchev–Trinajstić information content (AvgIpc) is 2.99. The van der Waals surface area contributed by atoms with E-state index in [4.69, 9.17) is 0 Å². The van der Waals surface area contributed by atoms with Gasteiger partial charge in [0.05, 0.1) is 14.2 Å². The van der Waals surface area contributed by atoms with E-state index in [0.717, 1.165) is 46.2 Å². The predicted molar refractivity (Wildman–Crippen MR) is 89.5 cm³/mol. The third-order valence-corrected chi connectivity index (χ3v) is 6.99. The van der Waals surface area contributed by atoms with Gasteiger partial charge in [-0.25, -0.2) is 9.59 Å². The molecule has 1 heterocycles. The summed E-state index contributed by atoms with van der Waals surface area (Å²) in [4.78, 5) is 24.6. The summed E-state index contributed by atoms with van der Waals surface area (Å²) in [5, 5.41) is -0.543. The minimum absolute atomic E-state index is 0.272. The molecule has 0 radical (unpaired) electrons. The van der Waals surface area contributed by atoms with Gasteiger partial charge in [0.1, 0.15) is 0 Å². The molecule has 5 nitrogen and oxygen atoms in total. The molecule has 1 saturated heterocycles. The Morgan fingerprint density at radius 3 is 1.85 bits per heavy atom. The van der Waals surface area contributed by atoms with Gasteiger partial charge in [0.15, 0.2) is 0 Å². The SMILES string of the molecule is COC(=O)SSCC(CSSC(=O)OC)N1CCCC1. The minimum Gasteiger partial charge on any atom is -0.460 e. The van der Waals surface area contributed by atoms with Gasteiger partial charge in [-0.3, -0.25) is 4.90 Å². The number of nitrogens with zero attached hydrogens (tertiary/aromatic N) is 1. The predicted octanol–water partition coefficient (Wildman–Crippen LogP) is 3.75. The summed E-state index contributed by atoms with van der Waals surface area (Å²) in [6.07, 6.45) is 2.44. The fourth-order valence-electron chi connectivity index (χ4n) is 1.76. The van der Waals surface area contributed by atoms with Crippen molar-refractivity contribution in [1.29, 1.82) is 0 Å². The fraction of sp³-hybridized carbons (Fsp3) is 0.818. The molecule has 1 aliphatic heterocycles. The molecule has 0 saturated carbocycles. The van der Waals surface area contributed by atoms with Crippen LogP contribution < -0.4 is 0 Å². The van der Waals surface area contributed by atoms with Crippen LogP contribution in [-0.4, -0.2) is 60.4 Å². The molecule has 0 aromatic heterocycles. The zero-order valence-corrected chi connectivity index (χ0v) is 14.8. The van der Waals surface area contributed by atoms with Crippen molar-refractivity contribution < 1.29 is 19.1 Å². The number of carbonyl (C=O) groups excluding carboxylic acids is 2. The normalized spacial score (nSPS) is 15.6. The number of rotatable bonds is 7. The summed E-state index contributed by atoms with van der Waals surface area (Å²) in [6.45, 7) is 2.19. The van der Waals surface area contributed by atoms with E-state index < -0.39 is 0 Å². The van der Waals surface area contributed by atoms with E-state index in [-0.39, 0.29) is 10.6 Å². The molecule has 1 fully saturated rings. The summed E-state index contributed by atoms with van der Waals surface area (Å²) in [7, 11) is 8.04. The van der Waals surface area contributed by atoms with Crippen molar-refractivity contribution in [3.05, 3.63) is 0 Å². The summed E-state index contributed by atoms with van der Waals surface area (Å²) in [5.74, 6) is 1.68. The Bertz CT molecular complexity index is 291. The summed E-state index contributed by atoms with van der Waals surface area (Å²) < 4.78 is 9.21. The number of hydrogen-bond acceptors (Lipinski definition) is 9. The minimum atomic E-state index is -0.272. The van der Waals surface area contributed by atoms with Crippen molar-refractivity contribution in [3.63, 3.8) is 0 Å². The third kappa shape index (κ3) is 7.35. The van der Waals surface area contributed by atoms with Crippen LogP contribution in [0.2, 0.25) is 0 Å². The summed E-state index contributed by atoms with van der Waals surface area (Å²) >= 11 is 0. The number of methoxy groups -OCH3 is 2. The first-order valence-corrected chi connectivity index (χ1v) is 10.8. The van der Waals surface area contributed by atoms with E-state index >= 15 is 0 Å². The maximum absolute atomic E-state index is 11.1. The van der Waals surface area contributed by atoms with Crippen molar-refractivity contribution >= 4 is 53.8 Å². The Balaban J connectivity index is 2.31. The third-order valence-electron chi connectivity index (χ3n) is 2.77. The lowest BCUT2D eigenvalue weighted by Crippen LogP contribution is -2.36. The van der Waals surface area contributed by atoms with Crippen LogP contribution in [0.3, 0.4) is 0 Å². The van der Waals surface area contributed by atoms with Crippen LogP contribution in [0.4, 0.5) is 9.59 Å². The van der Waals surface area contributed by atoms with Gasteiger partial charge in [0, 0.05) is 39.1 Å². The molecule has 0 unspecified atom stereocenters. The van der Waals surface area contributed by atoms with Gasteiger partial charge < -0.3 is 9.47 Å². The zero-order valence-electron chi connectivity index (χ0n) is 11.5. The monoisotopic (exact) mass is 357 g/mol. The largest absolute Gasteiger partial charge is 0.460 e. The van der Waals surface area contributed by atoms with Crippen molar-refractivity contribution in [1.82, 2.24) is 4.90 Å². The van der Waals surface area contributed by atoms with Crippen molar-refractivity contribution in [2.24, 2.45) is 0 Å². The van der Waals surface area contributed by atoms with Gasteiger partial charge in [-0.1, -0.05) is 21.6 Å². The lowest BCUT2D eigenvalue weighted by molar-refractivity contribution is 0.200. The van der Waals surface area contributed by atoms with Crippen LogP contribution in [0.1, 0.15) is 12.8 Å². The van der Waals surface area contributed by atoms with E-state index in [2.05, 4.69) is 14.4 Å². The molecule has 1 aliphatic rings. The van der Waals surface area contributed by atoms with Gasteiger partial charge in [-0.05, 0) is 25.9 Å². The number of hydrogen-bond donors (Lipinski definition) is 0. The lowest BCUT2D eigenvalue weighted by Gasteiger charge is -2.26. The van der Waals surface area contributed by atoms with Crippen LogP contribution in [0.25, 0.3) is 0 Å². The molecule has 0 aliphatic carbocycles. The highest BCUT2D eigenvalue weighted by Crippen LogP contribution is 2.31. The zero-order chi connectivity index (χ0) is 14.8. The Morgan fingerprint density at radius 1 is 1.00 bits per heavy atom. The van der Waals surface area contributed by atoms with E-state index in [0.29, 0.717) is 6.04 Å². The first kappa shape index (κ1) is 18.3. The van der Waals surface area contributed by atoms with E-state index in [1.807, 2.05) is 0 Å². The summed E-state index contributed by atoms with van der Waals surface area (Å²) in [6, 6.07) is 0.363. The molecule has 0 spiro atoms. The van der Waals surface area contributed by atoms with Gasteiger partial charge in [0.25, 0.3) is 0 Å². The molecule has 20 heavy (non-hydrogen) atoms. The smallest absolute Gasteiger partial charge is 0.377 e. The lowest BCUT2D eigenvalue weighted by atomic mass is 10.3. The van der Waals surface area contributed by atoms with Gasteiger partial charge >= 0.3 is 10.6 Å². The highest BCUT2D eigenvalue weighted by atomic mass is 33.1.